The number of rotatable bonds is 5. The van der Waals surface area contributed by atoms with E-state index in [1.54, 1.807) is 10.6 Å². The molecule has 1 amide bonds. The van der Waals surface area contributed by atoms with Crippen LogP contribution < -0.4 is 15.8 Å². The molecule has 0 bridgehead atoms. The Kier molecular flexibility index (Phi) is 4.92. The first-order valence-corrected chi connectivity index (χ1v) is 7.45. The Bertz CT molecular complexity index is 736. The van der Waals surface area contributed by atoms with Crippen LogP contribution in [0.1, 0.15) is 25.1 Å². The van der Waals surface area contributed by atoms with Crippen molar-refractivity contribution in [2.24, 2.45) is 0 Å². The molecule has 2 rings (SSSR count). The number of carbonyl (C=O) groups is 1. The fourth-order valence-corrected chi connectivity index (χ4v) is 2.37. The van der Waals surface area contributed by atoms with Crippen molar-refractivity contribution in [1.82, 2.24) is 14.7 Å². The SMILES string of the molecule is Cc1ccc2nc(C[NH+](C)CC(=O)NC(C)C)cc(=O)n2c1. The molecule has 2 heterocycles. The number of amides is 1. The van der Waals surface area contributed by atoms with E-state index in [0.29, 0.717) is 24.4 Å². The minimum absolute atomic E-state index is 0.000589. The zero-order valence-electron chi connectivity index (χ0n) is 13.5. The summed E-state index contributed by atoms with van der Waals surface area (Å²) in [5.74, 6) is 0.000589. The summed E-state index contributed by atoms with van der Waals surface area (Å²) >= 11 is 0. The van der Waals surface area contributed by atoms with Crippen LogP contribution in [0.25, 0.3) is 5.65 Å². The van der Waals surface area contributed by atoms with Crippen molar-refractivity contribution in [3.63, 3.8) is 0 Å². The maximum Gasteiger partial charge on any atom is 0.275 e. The molecule has 0 radical (unpaired) electrons. The summed E-state index contributed by atoms with van der Waals surface area (Å²) < 4.78 is 1.54. The van der Waals surface area contributed by atoms with Gasteiger partial charge in [-0.2, -0.15) is 0 Å². The van der Waals surface area contributed by atoms with E-state index in [0.717, 1.165) is 10.5 Å². The second-order valence-corrected chi connectivity index (χ2v) is 6.05. The number of hydrogen-bond donors (Lipinski definition) is 2. The highest BCUT2D eigenvalue weighted by Crippen LogP contribution is 2.01. The summed E-state index contributed by atoms with van der Waals surface area (Å²) in [4.78, 5) is 29.4. The van der Waals surface area contributed by atoms with Gasteiger partial charge in [-0.3, -0.25) is 14.0 Å². The summed E-state index contributed by atoms with van der Waals surface area (Å²) in [6.07, 6.45) is 1.78. The lowest BCUT2D eigenvalue weighted by Crippen LogP contribution is -3.09. The molecule has 2 aromatic rings. The Morgan fingerprint density at radius 2 is 2.14 bits per heavy atom. The normalized spacial score (nSPS) is 12.6. The molecule has 0 aliphatic heterocycles. The molecule has 0 fully saturated rings. The third-order valence-corrected chi connectivity index (χ3v) is 3.26. The first-order chi connectivity index (χ1) is 10.3. The van der Waals surface area contributed by atoms with Crippen LogP contribution in [0.15, 0.2) is 29.2 Å². The van der Waals surface area contributed by atoms with E-state index in [1.807, 2.05) is 40.0 Å². The highest BCUT2D eigenvalue weighted by Gasteiger charge is 2.13. The van der Waals surface area contributed by atoms with E-state index in [9.17, 15) is 9.59 Å². The zero-order valence-corrected chi connectivity index (χ0v) is 13.5. The van der Waals surface area contributed by atoms with Gasteiger partial charge in [-0.25, -0.2) is 4.98 Å². The van der Waals surface area contributed by atoms with Gasteiger partial charge in [0.25, 0.3) is 11.5 Å². The summed E-state index contributed by atoms with van der Waals surface area (Å²) in [7, 11) is 1.92. The number of likely N-dealkylation sites (N-methyl/N-ethyl adjacent to an activating group) is 1. The third-order valence-electron chi connectivity index (χ3n) is 3.26. The fraction of sp³-hybridized carbons (Fsp3) is 0.438. The van der Waals surface area contributed by atoms with Crippen LogP contribution >= 0.6 is 0 Å². The Morgan fingerprint density at radius 3 is 2.82 bits per heavy atom. The van der Waals surface area contributed by atoms with E-state index in [2.05, 4.69) is 10.3 Å². The molecule has 1 atom stereocenters. The summed E-state index contributed by atoms with van der Waals surface area (Å²) in [6, 6.07) is 5.43. The average molecular weight is 303 g/mol. The molecule has 0 saturated carbocycles. The van der Waals surface area contributed by atoms with Crippen LogP contribution in [-0.4, -0.2) is 34.9 Å². The quantitative estimate of drug-likeness (QED) is 0.786. The van der Waals surface area contributed by atoms with Crippen LogP contribution in [0.5, 0.6) is 0 Å². The Labute approximate surface area is 129 Å². The van der Waals surface area contributed by atoms with Gasteiger partial charge in [-0.05, 0) is 32.4 Å². The lowest BCUT2D eigenvalue weighted by Gasteiger charge is -2.15. The minimum atomic E-state index is -0.0943. The van der Waals surface area contributed by atoms with Crippen molar-refractivity contribution in [3.05, 3.63) is 46.0 Å². The smallest absolute Gasteiger partial charge is 0.275 e. The second-order valence-electron chi connectivity index (χ2n) is 6.05. The number of fused-ring (bicyclic) bond motifs is 1. The van der Waals surface area contributed by atoms with Gasteiger partial charge in [0.1, 0.15) is 17.9 Å². The van der Waals surface area contributed by atoms with Crippen molar-refractivity contribution in [1.29, 1.82) is 0 Å². The highest BCUT2D eigenvalue weighted by molar-refractivity contribution is 5.77. The topological polar surface area (TPSA) is 67.9 Å². The Morgan fingerprint density at radius 1 is 1.41 bits per heavy atom. The fourth-order valence-electron chi connectivity index (χ4n) is 2.37. The molecule has 1 unspecified atom stereocenters. The number of quaternary nitrogens is 1. The van der Waals surface area contributed by atoms with Gasteiger partial charge in [-0.15, -0.1) is 0 Å². The second kappa shape index (κ2) is 6.70. The van der Waals surface area contributed by atoms with Crippen LogP contribution in [0, 0.1) is 6.92 Å². The molecule has 0 aliphatic carbocycles. The van der Waals surface area contributed by atoms with Crippen LogP contribution in [-0.2, 0) is 11.3 Å². The van der Waals surface area contributed by atoms with Gasteiger partial charge >= 0.3 is 0 Å². The first kappa shape index (κ1) is 16.2. The van der Waals surface area contributed by atoms with E-state index in [1.165, 1.54) is 6.07 Å². The summed E-state index contributed by atoms with van der Waals surface area (Å²) in [5, 5.41) is 2.86. The molecule has 0 saturated heterocycles. The highest BCUT2D eigenvalue weighted by atomic mass is 16.2. The van der Waals surface area contributed by atoms with E-state index < -0.39 is 0 Å². The number of aryl methyl sites for hydroxylation is 1. The third kappa shape index (κ3) is 4.14. The first-order valence-electron chi connectivity index (χ1n) is 7.45. The molecule has 0 aromatic carbocycles. The number of nitrogens with zero attached hydrogens (tertiary/aromatic N) is 2. The maximum absolute atomic E-state index is 12.1. The van der Waals surface area contributed by atoms with Crippen molar-refractivity contribution in [3.8, 4) is 0 Å². The van der Waals surface area contributed by atoms with Crippen LogP contribution in [0.4, 0.5) is 0 Å². The van der Waals surface area contributed by atoms with Crippen LogP contribution in [0.3, 0.4) is 0 Å². The predicted molar refractivity (Wildman–Crippen MR) is 84.9 cm³/mol. The predicted octanol–water partition coefficient (Wildman–Crippen LogP) is -0.458. The molecule has 0 spiro atoms. The zero-order chi connectivity index (χ0) is 16.3. The number of pyridine rings is 1. The van der Waals surface area contributed by atoms with E-state index in [-0.39, 0.29) is 17.5 Å². The van der Waals surface area contributed by atoms with E-state index >= 15 is 0 Å². The molecule has 0 aliphatic rings. The minimum Gasteiger partial charge on any atom is -0.349 e. The number of hydrogen-bond acceptors (Lipinski definition) is 3. The van der Waals surface area contributed by atoms with Crippen molar-refractivity contribution < 1.29 is 9.69 Å². The van der Waals surface area contributed by atoms with E-state index in [4.69, 9.17) is 0 Å². The molecule has 6 heteroatoms. The lowest BCUT2D eigenvalue weighted by atomic mass is 10.3. The number of carbonyl (C=O) groups excluding carboxylic acids is 1. The number of aromatic nitrogens is 2. The van der Waals surface area contributed by atoms with Gasteiger partial charge in [-0.1, -0.05) is 6.07 Å². The molecular formula is C16H23N4O2+. The van der Waals surface area contributed by atoms with Crippen molar-refractivity contribution in [2.75, 3.05) is 13.6 Å². The Hall–Kier alpha value is -2.21. The van der Waals surface area contributed by atoms with Crippen molar-refractivity contribution >= 4 is 11.6 Å². The van der Waals surface area contributed by atoms with Crippen LogP contribution in [0.2, 0.25) is 0 Å². The molecule has 2 aromatic heterocycles. The molecule has 6 nitrogen and oxygen atoms in total. The maximum atomic E-state index is 12.1. The van der Waals surface area contributed by atoms with Crippen molar-refractivity contribution in [2.45, 2.75) is 33.4 Å². The Balaban J connectivity index is 2.13. The monoisotopic (exact) mass is 303 g/mol. The van der Waals surface area contributed by atoms with Gasteiger partial charge < -0.3 is 10.2 Å². The van der Waals surface area contributed by atoms with Gasteiger partial charge in [0.2, 0.25) is 0 Å². The summed E-state index contributed by atoms with van der Waals surface area (Å²) in [6.45, 7) is 6.69. The largest absolute Gasteiger partial charge is 0.349 e. The van der Waals surface area contributed by atoms with Gasteiger partial charge in [0, 0.05) is 18.3 Å². The molecule has 22 heavy (non-hydrogen) atoms. The average Bonchev–Trinajstić information content (AvgIpc) is 2.38. The summed E-state index contributed by atoms with van der Waals surface area (Å²) in [5.41, 5.74) is 2.25. The number of nitrogens with one attached hydrogen (secondary N) is 2. The molecular weight excluding hydrogens is 280 g/mol. The molecule has 118 valence electrons. The standard InChI is InChI=1S/C16H22N4O2/c1-11(2)17-15(21)10-19(4)9-13-7-16(22)20-8-12(3)5-6-14(20)18-13/h5-8,11H,9-10H2,1-4H3,(H,17,21)/p+1. The van der Waals surface area contributed by atoms with Gasteiger partial charge in [0.15, 0.2) is 6.54 Å². The molecule has 2 N–H and O–H groups in total. The van der Waals surface area contributed by atoms with Gasteiger partial charge in [0.05, 0.1) is 7.05 Å². The lowest BCUT2D eigenvalue weighted by molar-refractivity contribution is -0.885.